The van der Waals surface area contributed by atoms with Gasteiger partial charge < -0.3 is 5.73 Å². The summed E-state index contributed by atoms with van der Waals surface area (Å²) in [6.45, 7) is 0.959. The van der Waals surface area contributed by atoms with Crippen molar-refractivity contribution in [3.8, 4) is 0 Å². The van der Waals surface area contributed by atoms with Crippen molar-refractivity contribution in [2.24, 2.45) is 11.7 Å². The minimum absolute atomic E-state index is 0.311. The number of hydrogen-bond acceptors (Lipinski definition) is 3. The lowest BCUT2D eigenvalue weighted by molar-refractivity contribution is 0.575. The van der Waals surface area contributed by atoms with Gasteiger partial charge in [-0.05, 0) is 30.0 Å². The normalized spacial score (nSPS) is 16.1. The van der Waals surface area contributed by atoms with E-state index in [0.29, 0.717) is 18.0 Å². The topological polar surface area (TPSA) is 72.2 Å². The minimum Gasteiger partial charge on any atom is -0.326 e. The van der Waals surface area contributed by atoms with E-state index in [9.17, 15) is 8.42 Å². The lowest BCUT2D eigenvalue weighted by Gasteiger charge is -2.06. The molecule has 0 aromatic heterocycles. The van der Waals surface area contributed by atoms with Crippen LogP contribution in [0, 0.1) is 5.92 Å². The monoisotopic (exact) mass is 254 g/mol. The van der Waals surface area contributed by atoms with Crippen LogP contribution in [0.1, 0.15) is 24.8 Å². The third kappa shape index (κ3) is 3.52. The van der Waals surface area contributed by atoms with Crippen molar-refractivity contribution in [3.05, 3.63) is 29.8 Å². The third-order valence-electron chi connectivity index (χ3n) is 3.01. The largest absolute Gasteiger partial charge is 0.326 e. The molecule has 0 saturated heterocycles. The maximum absolute atomic E-state index is 11.9. The van der Waals surface area contributed by atoms with Gasteiger partial charge in [0.25, 0.3) is 0 Å². The average molecular weight is 254 g/mol. The number of rotatable bonds is 6. The molecule has 0 spiro atoms. The quantitative estimate of drug-likeness (QED) is 0.802. The van der Waals surface area contributed by atoms with Crippen molar-refractivity contribution in [1.29, 1.82) is 0 Å². The predicted molar refractivity (Wildman–Crippen MR) is 66.9 cm³/mol. The van der Waals surface area contributed by atoms with Crippen LogP contribution in [0.2, 0.25) is 0 Å². The molecule has 4 nitrogen and oxygen atoms in total. The SMILES string of the molecule is NCc1ccc(S(=O)(=O)NCCC2CC2)cc1. The molecule has 2 rings (SSSR count). The first kappa shape index (κ1) is 12.5. The van der Waals surface area contributed by atoms with E-state index in [1.165, 1.54) is 12.8 Å². The van der Waals surface area contributed by atoms with Gasteiger partial charge in [-0.15, -0.1) is 0 Å². The van der Waals surface area contributed by atoms with Gasteiger partial charge in [0.05, 0.1) is 4.90 Å². The summed E-state index contributed by atoms with van der Waals surface area (Å²) < 4.78 is 26.4. The fraction of sp³-hybridized carbons (Fsp3) is 0.500. The first-order valence-corrected chi connectivity index (χ1v) is 7.39. The Bertz CT molecular complexity index is 464. The van der Waals surface area contributed by atoms with Crippen molar-refractivity contribution < 1.29 is 8.42 Å². The van der Waals surface area contributed by atoms with Crippen molar-refractivity contribution in [2.75, 3.05) is 6.54 Å². The number of nitrogens with two attached hydrogens (primary N) is 1. The molecule has 0 amide bonds. The fourth-order valence-electron chi connectivity index (χ4n) is 1.69. The van der Waals surface area contributed by atoms with Gasteiger partial charge in [-0.3, -0.25) is 0 Å². The zero-order valence-electron chi connectivity index (χ0n) is 9.72. The summed E-state index contributed by atoms with van der Waals surface area (Å²) in [5, 5.41) is 0. The highest BCUT2D eigenvalue weighted by molar-refractivity contribution is 7.89. The summed E-state index contributed by atoms with van der Waals surface area (Å²) in [4.78, 5) is 0.311. The van der Waals surface area contributed by atoms with E-state index in [-0.39, 0.29) is 0 Å². The molecule has 1 saturated carbocycles. The predicted octanol–water partition coefficient (Wildman–Crippen LogP) is 1.22. The van der Waals surface area contributed by atoms with E-state index in [2.05, 4.69) is 4.72 Å². The van der Waals surface area contributed by atoms with Crippen molar-refractivity contribution >= 4 is 10.0 Å². The van der Waals surface area contributed by atoms with E-state index in [4.69, 9.17) is 5.73 Å². The summed E-state index contributed by atoms with van der Waals surface area (Å²) in [5.74, 6) is 0.734. The molecule has 0 radical (unpaired) electrons. The lowest BCUT2D eigenvalue weighted by Crippen LogP contribution is -2.25. The number of hydrogen-bond donors (Lipinski definition) is 2. The maximum Gasteiger partial charge on any atom is 0.240 e. The van der Waals surface area contributed by atoms with Gasteiger partial charge in [0.2, 0.25) is 10.0 Å². The molecule has 17 heavy (non-hydrogen) atoms. The third-order valence-corrected chi connectivity index (χ3v) is 4.49. The second kappa shape index (κ2) is 5.16. The Balaban J connectivity index is 1.96. The summed E-state index contributed by atoms with van der Waals surface area (Å²) in [5.41, 5.74) is 6.40. The van der Waals surface area contributed by atoms with Crippen LogP contribution in [-0.2, 0) is 16.6 Å². The molecule has 94 valence electrons. The smallest absolute Gasteiger partial charge is 0.240 e. The Morgan fingerprint density at radius 3 is 2.41 bits per heavy atom. The molecule has 1 aromatic rings. The zero-order chi connectivity index (χ0) is 12.3. The first-order valence-electron chi connectivity index (χ1n) is 5.90. The van der Waals surface area contributed by atoms with Crippen molar-refractivity contribution in [1.82, 2.24) is 4.72 Å². The van der Waals surface area contributed by atoms with Crippen LogP contribution in [0.25, 0.3) is 0 Å². The summed E-state index contributed by atoms with van der Waals surface area (Å²) >= 11 is 0. The van der Waals surface area contributed by atoms with Crippen LogP contribution in [0.3, 0.4) is 0 Å². The van der Waals surface area contributed by atoms with Crippen molar-refractivity contribution in [2.45, 2.75) is 30.7 Å². The molecular formula is C12H18N2O2S. The Morgan fingerprint density at radius 1 is 1.24 bits per heavy atom. The highest BCUT2D eigenvalue weighted by Crippen LogP contribution is 2.31. The van der Waals surface area contributed by atoms with Crippen LogP contribution < -0.4 is 10.5 Å². The Hall–Kier alpha value is -0.910. The molecule has 5 heteroatoms. The Morgan fingerprint density at radius 2 is 1.88 bits per heavy atom. The van der Waals surface area contributed by atoms with Gasteiger partial charge in [-0.2, -0.15) is 0 Å². The summed E-state index contributed by atoms with van der Waals surface area (Å²) in [6.07, 6.45) is 3.43. The molecule has 1 fully saturated rings. The molecular weight excluding hydrogens is 236 g/mol. The first-order chi connectivity index (χ1) is 8.12. The van der Waals surface area contributed by atoms with E-state index in [1.807, 2.05) is 0 Å². The van der Waals surface area contributed by atoms with E-state index < -0.39 is 10.0 Å². The molecule has 0 bridgehead atoms. The zero-order valence-corrected chi connectivity index (χ0v) is 10.5. The maximum atomic E-state index is 11.9. The van der Waals surface area contributed by atoms with Gasteiger partial charge in [0, 0.05) is 13.1 Å². The van der Waals surface area contributed by atoms with Crippen LogP contribution in [0.15, 0.2) is 29.2 Å². The van der Waals surface area contributed by atoms with Gasteiger partial charge in [-0.1, -0.05) is 25.0 Å². The highest BCUT2D eigenvalue weighted by atomic mass is 32.2. The molecule has 1 aliphatic carbocycles. The highest BCUT2D eigenvalue weighted by Gasteiger charge is 2.21. The molecule has 0 atom stereocenters. The second-order valence-corrected chi connectivity index (χ2v) is 6.24. The van der Waals surface area contributed by atoms with Crippen LogP contribution in [0.4, 0.5) is 0 Å². The Labute approximate surface area is 102 Å². The Kier molecular flexibility index (Phi) is 3.81. The fourth-order valence-corrected chi connectivity index (χ4v) is 2.74. The van der Waals surface area contributed by atoms with Crippen LogP contribution >= 0.6 is 0 Å². The van der Waals surface area contributed by atoms with Crippen molar-refractivity contribution in [3.63, 3.8) is 0 Å². The molecule has 3 N–H and O–H groups in total. The standard InChI is InChI=1S/C12H18N2O2S/c13-9-11-3-5-12(6-4-11)17(15,16)14-8-7-10-1-2-10/h3-6,10,14H,1-2,7-9,13H2. The minimum atomic E-state index is -3.34. The van der Waals surface area contributed by atoms with Gasteiger partial charge in [0.15, 0.2) is 0 Å². The number of nitrogens with one attached hydrogen (secondary N) is 1. The van der Waals surface area contributed by atoms with E-state index in [1.54, 1.807) is 24.3 Å². The summed E-state index contributed by atoms with van der Waals surface area (Å²) in [6, 6.07) is 6.69. The number of benzene rings is 1. The van der Waals surface area contributed by atoms with Gasteiger partial charge in [-0.25, -0.2) is 13.1 Å². The summed E-state index contributed by atoms with van der Waals surface area (Å²) in [7, 11) is -3.34. The van der Waals surface area contributed by atoms with Gasteiger partial charge >= 0.3 is 0 Å². The van der Waals surface area contributed by atoms with E-state index in [0.717, 1.165) is 17.9 Å². The number of sulfonamides is 1. The van der Waals surface area contributed by atoms with E-state index >= 15 is 0 Å². The molecule has 1 aromatic carbocycles. The molecule has 0 aliphatic heterocycles. The second-order valence-electron chi connectivity index (χ2n) is 4.48. The van der Waals surface area contributed by atoms with Gasteiger partial charge in [0.1, 0.15) is 0 Å². The molecule has 1 aliphatic rings. The average Bonchev–Trinajstić information content (AvgIpc) is 3.13. The van der Waals surface area contributed by atoms with Crippen LogP contribution in [-0.4, -0.2) is 15.0 Å². The molecule has 0 heterocycles. The molecule has 0 unspecified atom stereocenters. The van der Waals surface area contributed by atoms with Crippen LogP contribution in [0.5, 0.6) is 0 Å². The lowest BCUT2D eigenvalue weighted by atomic mass is 10.2.